The van der Waals surface area contributed by atoms with Crippen LogP contribution in [-0.4, -0.2) is 42.3 Å². The number of epoxide rings is 1. The fourth-order valence-corrected chi connectivity index (χ4v) is 3.26. The predicted molar refractivity (Wildman–Crippen MR) is 63.2 cm³/mol. The molecule has 4 rings (SSSR count). The molecule has 0 radical (unpaired) electrons. The molecule has 0 saturated carbocycles. The third-order valence-electron chi connectivity index (χ3n) is 4.09. The summed E-state index contributed by atoms with van der Waals surface area (Å²) in [6.45, 7) is 0.447. The number of fused-ring (bicyclic) bond motifs is 5. The highest BCUT2D eigenvalue weighted by Gasteiger charge is 2.73. The van der Waals surface area contributed by atoms with Crippen LogP contribution in [0.15, 0.2) is 18.2 Å². The normalized spacial score (nSPS) is 33.9. The van der Waals surface area contributed by atoms with Crippen molar-refractivity contribution in [1.82, 2.24) is 0 Å². The smallest absolute Gasteiger partial charge is 0.293 e. The van der Waals surface area contributed by atoms with Crippen molar-refractivity contribution in [2.45, 2.75) is 17.9 Å². The maximum Gasteiger partial charge on any atom is 0.293 e. The second-order valence-corrected chi connectivity index (χ2v) is 4.87. The van der Waals surface area contributed by atoms with Crippen molar-refractivity contribution >= 4 is 17.2 Å². The molecule has 3 heterocycles. The van der Waals surface area contributed by atoms with Crippen molar-refractivity contribution in [1.29, 1.82) is 0 Å². The first-order chi connectivity index (χ1) is 9.11. The summed E-state index contributed by atoms with van der Waals surface area (Å²) in [5.41, 5.74) is -0.578. The van der Waals surface area contributed by atoms with Gasteiger partial charge in [0.05, 0.1) is 17.0 Å². The lowest BCUT2D eigenvalue weighted by Gasteiger charge is -2.31. The SMILES string of the molecule is CO[C@]12C(=O)c3cccc([N+](=O)[O-])c3N1C[C@H]1O[C@H]12. The van der Waals surface area contributed by atoms with Crippen LogP contribution in [0.25, 0.3) is 0 Å². The number of anilines is 1. The molecule has 0 aromatic heterocycles. The molecular formula is C12H10N2O5. The third kappa shape index (κ3) is 1.04. The number of benzene rings is 1. The Morgan fingerprint density at radius 3 is 3.05 bits per heavy atom. The van der Waals surface area contributed by atoms with Gasteiger partial charge < -0.3 is 14.4 Å². The van der Waals surface area contributed by atoms with E-state index in [1.54, 1.807) is 11.0 Å². The summed E-state index contributed by atoms with van der Waals surface area (Å²) in [4.78, 5) is 24.9. The van der Waals surface area contributed by atoms with Crippen LogP contribution >= 0.6 is 0 Å². The number of nitro benzene ring substituents is 1. The van der Waals surface area contributed by atoms with Gasteiger partial charge in [-0.05, 0) is 6.07 Å². The largest absolute Gasteiger partial charge is 0.362 e. The average Bonchev–Trinajstić information content (AvgIpc) is 3.04. The molecule has 3 aliphatic heterocycles. The van der Waals surface area contributed by atoms with Gasteiger partial charge in [-0.3, -0.25) is 14.9 Å². The van der Waals surface area contributed by atoms with E-state index in [9.17, 15) is 14.9 Å². The molecule has 3 atom stereocenters. The minimum absolute atomic E-state index is 0.0638. The fourth-order valence-electron chi connectivity index (χ4n) is 3.26. The molecular weight excluding hydrogens is 252 g/mol. The van der Waals surface area contributed by atoms with Crippen LogP contribution in [0.3, 0.4) is 0 Å². The minimum atomic E-state index is -1.21. The van der Waals surface area contributed by atoms with Gasteiger partial charge in [0.1, 0.15) is 17.9 Å². The highest BCUT2D eigenvalue weighted by Crippen LogP contribution is 2.55. The zero-order valence-electron chi connectivity index (χ0n) is 10.0. The Hall–Kier alpha value is -1.99. The summed E-state index contributed by atoms with van der Waals surface area (Å²) >= 11 is 0. The molecule has 0 N–H and O–H groups in total. The zero-order chi connectivity index (χ0) is 13.4. The fraction of sp³-hybridized carbons (Fsp3) is 0.417. The number of para-hydroxylation sites is 1. The van der Waals surface area contributed by atoms with Crippen molar-refractivity contribution in [3.05, 3.63) is 33.9 Å². The van der Waals surface area contributed by atoms with E-state index >= 15 is 0 Å². The zero-order valence-corrected chi connectivity index (χ0v) is 10.0. The number of ketones is 1. The van der Waals surface area contributed by atoms with E-state index in [1.807, 2.05) is 0 Å². The van der Waals surface area contributed by atoms with Crippen LogP contribution in [0, 0.1) is 10.1 Å². The number of Topliss-reactive ketones (excluding diaryl/α,β-unsaturated/α-hetero) is 1. The van der Waals surface area contributed by atoms with Crippen LogP contribution < -0.4 is 4.90 Å². The van der Waals surface area contributed by atoms with Crippen LogP contribution in [0.1, 0.15) is 10.4 Å². The molecule has 0 aliphatic carbocycles. The summed E-state index contributed by atoms with van der Waals surface area (Å²) in [6.07, 6.45) is -0.395. The summed E-state index contributed by atoms with van der Waals surface area (Å²) in [5, 5.41) is 11.1. The number of methoxy groups -OCH3 is 1. The lowest BCUT2D eigenvalue weighted by molar-refractivity contribution is -0.384. The summed E-state index contributed by atoms with van der Waals surface area (Å²) in [7, 11) is 1.44. The van der Waals surface area contributed by atoms with E-state index in [0.717, 1.165) is 0 Å². The van der Waals surface area contributed by atoms with Gasteiger partial charge in [0.2, 0.25) is 11.5 Å². The van der Waals surface area contributed by atoms with Gasteiger partial charge in [-0.15, -0.1) is 0 Å². The molecule has 19 heavy (non-hydrogen) atoms. The van der Waals surface area contributed by atoms with Crippen LogP contribution in [0.5, 0.6) is 0 Å². The Balaban J connectivity index is 1.97. The first kappa shape index (κ1) is 10.9. The minimum Gasteiger partial charge on any atom is -0.362 e. The van der Waals surface area contributed by atoms with Crippen molar-refractivity contribution in [3.63, 3.8) is 0 Å². The molecule has 0 bridgehead atoms. The van der Waals surface area contributed by atoms with E-state index in [4.69, 9.17) is 9.47 Å². The van der Waals surface area contributed by atoms with Crippen LogP contribution in [0.4, 0.5) is 11.4 Å². The number of rotatable bonds is 2. The van der Waals surface area contributed by atoms with E-state index in [0.29, 0.717) is 17.8 Å². The Kier molecular flexibility index (Phi) is 1.79. The van der Waals surface area contributed by atoms with Gasteiger partial charge in [-0.1, -0.05) is 6.07 Å². The molecule has 2 saturated heterocycles. The second-order valence-electron chi connectivity index (χ2n) is 4.87. The van der Waals surface area contributed by atoms with Crippen LogP contribution in [0.2, 0.25) is 0 Å². The van der Waals surface area contributed by atoms with Crippen molar-refractivity contribution in [3.8, 4) is 0 Å². The monoisotopic (exact) mass is 262 g/mol. The van der Waals surface area contributed by atoms with E-state index in [1.165, 1.54) is 19.2 Å². The Labute approximate surface area is 107 Å². The van der Waals surface area contributed by atoms with Gasteiger partial charge in [-0.2, -0.15) is 0 Å². The number of carbonyl (C=O) groups excluding carboxylic acids is 1. The molecule has 1 aromatic rings. The molecule has 98 valence electrons. The van der Waals surface area contributed by atoms with Crippen molar-refractivity contribution in [2.75, 3.05) is 18.6 Å². The highest BCUT2D eigenvalue weighted by molar-refractivity contribution is 6.16. The van der Waals surface area contributed by atoms with E-state index < -0.39 is 10.6 Å². The van der Waals surface area contributed by atoms with Gasteiger partial charge in [0.25, 0.3) is 5.69 Å². The Morgan fingerprint density at radius 1 is 1.58 bits per heavy atom. The first-order valence-corrected chi connectivity index (χ1v) is 5.91. The number of hydrogen-bond donors (Lipinski definition) is 0. The molecule has 0 unspecified atom stereocenters. The Morgan fingerprint density at radius 2 is 2.37 bits per heavy atom. The topological polar surface area (TPSA) is 85.2 Å². The van der Waals surface area contributed by atoms with Crippen molar-refractivity contribution in [2.24, 2.45) is 0 Å². The number of ether oxygens (including phenoxy) is 2. The van der Waals surface area contributed by atoms with E-state index in [2.05, 4.69) is 0 Å². The quantitative estimate of drug-likeness (QED) is 0.443. The predicted octanol–water partition coefficient (Wildman–Crippen LogP) is 0.721. The lowest BCUT2D eigenvalue weighted by atomic mass is 10.0. The van der Waals surface area contributed by atoms with Gasteiger partial charge in [0.15, 0.2) is 0 Å². The maximum absolute atomic E-state index is 12.6. The maximum atomic E-state index is 12.6. The molecule has 3 aliphatic rings. The van der Waals surface area contributed by atoms with Gasteiger partial charge in [-0.25, -0.2) is 0 Å². The Bertz CT molecular complexity index is 631. The van der Waals surface area contributed by atoms with E-state index in [-0.39, 0.29) is 23.7 Å². The molecule has 7 nitrogen and oxygen atoms in total. The average molecular weight is 262 g/mol. The molecule has 0 amide bonds. The lowest BCUT2D eigenvalue weighted by Crippen LogP contribution is -2.53. The number of nitro groups is 1. The summed E-state index contributed by atoms with van der Waals surface area (Å²) < 4.78 is 10.8. The number of nitrogens with zero attached hydrogens (tertiary/aromatic N) is 2. The number of hydrogen-bond acceptors (Lipinski definition) is 6. The van der Waals surface area contributed by atoms with Crippen molar-refractivity contribution < 1.29 is 19.2 Å². The number of morpholine rings is 1. The second kappa shape index (κ2) is 3.12. The summed E-state index contributed by atoms with van der Waals surface area (Å²) in [6, 6.07) is 4.52. The highest BCUT2D eigenvalue weighted by atomic mass is 16.6. The van der Waals surface area contributed by atoms with Gasteiger partial charge in [0, 0.05) is 13.2 Å². The number of carbonyl (C=O) groups is 1. The third-order valence-corrected chi connectivity index (χ3v) is 4.09. The van der Waals surface area contributed by atoms with Crippen LogP contribution in [-0.2, 0) is 9.47 Å². The van der Waals surface area contributed by atoms with Gasteiger partial charge >= 0.3 is 0 Å². The molecule has 1 aromatic carbocycles. The summed E-state index contributed by atoms with van der Waals surface area (Å²) in [5.74, 6) is -0.251. The molecule has 7 heteroatoms. The standard InChI is InChI=1S/C12H10N2O5/c1-18-12-10(15)6-3-2-4-7(14(16)17)9(6)13(12)5-8-11(12)19-8/h2-4,8,11H,5H2,1H3/t8-,11-,12+/m1/s1. The molecule has 2 fully saturated rings. The molecule has 0 spiro atoms. The first-order valence-electron chi connectivity index (χ1n) is 5.91.